The van der Waals surface area contributed by atoms with E-state index in [-0.39, 0.29) is 0 Å². The van der Waals surface area contributed by atoms with Crippen molar-refractivity contribution in [1.82, 2.24) is 0 Å². The van der Waals surface area contributed by atoms with Gasteiger partial charge in [0, 0.05) is 5.56 Å². The Labute approximate surface area is 323 Å². The Morgan fingerprint density at radius 1 is 0.357 bits per heavy atom. The van der Waals surface area contributed by atoms with Crippen molar-refractivity contribution >= 4 is 53.9 Å². The Hall–Kier alpha value is -7.52. The van der Waals surface area contributed by atoms with Crippen LogP contribution in [0.5, 0.6) is 0 Å². The number of hydrogen-bond acceptors (Lipinski definition) is 2. The molecule has 56 heavy (non-hydrogen) atoms. The van der Waals surface area contributed by atoms with E-state index in [1.165, 1.54) is 104 Å². The average molecular weight is 707 g/mol. The molecule has 2 nitrogen and oxygen atoms in total. The summed E-state index contributed by atoms with van der Waals surface area (Å²) < 4.78 is 0. The minimum absolute atomic E-state index is 0.478. The fourth-order valence-corrected chi connectivity index (χ4v) is 10.1. The predicted molar refractivity (Wildman–Crippen MR) is 233 cm³/mol. The molecule has 0 heterocycles. The summed E-state index contributed by atoms with van der Waals surface area (Å²) >= 11 is 0. The topological polar surface area (TPSA) is 47.6 Å². The molecular weight excluding hydrogens is 677 g/mol. The van der Waals surface area contributed by atoms with Crippen LogP contribution in [0.25, 0.3) is 121 Å². The van der Waals surface area contributed by atoms with Crippen molar-refractivity contribution in [3.8, 4) is 78.9 Å². The predicted octanol–water partition coefficient (Wildman–Crippen LogP) is 14.4. The summed E-state index contributed by atoms with van der Waals surface area (Å²) in [5, 5.41) is 32.4. The standard InChI is InChI=1S/C54H30N2/c1-29-15-16-30(2)42(21-29)53-40-20-19-36-44(48(40)26-50-39-13-5-9-33-10-6-14-41(52(33)39)54(50)53)23-43(35-18-17-31(27-55)22-34(35)28-56)49-25-47-38-12-4-8-32-7-3-11-37(51(32)38)46(47)24-45(36)49/h3-26H,1-2H3. The average Bonchev–Trinajstić information content (AvgIpc) is 3.73. The number of nitrogens with zero attached hydrogens (tertiary/aromatic N) is 2. The van der Waals surface area contributed by atoms with Crippen molar-refractivity contribution in [2.24, 2.45) is 0 Å². The molecule has 0 unspecified atom stereocenters. The first-order valence-corrected chi connectivity index (χ1v) is 19.1. The molecule has 0 radical (unpaired) electrons. The molecule has 0 spiro atoms. The zero-order chi connectivity index (χ0) is 37.4. The fourth-order valence-electron chi connectivity index (χ4n) is 10.1. The third-order valence-electron chi connectivity index (χ3n) is 12.6. The van der Waals surface area contributed by atoms with Crippen molar-refractivity contribution in [2.75, 3.05) is 0 Å². The van der Waals surface area contributed by atoms with Gasteiger partial charge in [-0.25, -0.2) is 0 Å². The van der Waals surface area contributed by atoms with Crippen LogP contribution in [0.4, 0.5) is 0 Å². The second kappa shape index (κ2) is 11.0. The molecule has 256 valence electrons. The summed E-state index contributed by atoms with van der Waals surface area (Å²) in [6.45, 7) is 4.40. The molecule has 0 aliphatic heterocycles. The van der Waals surface area contributed by atoms with Crippen LogP contribution in [0.2, 0.25) is 0 Å². The molecule has 0 aromatic heterocycles. The van der Waals surface area contributed by atoms with Crippen molar-refractivity contribution in [3.05, 3.63) is 168 Å². The first-order chi connectivity index (χ1) is 27.5. The van der Waals surface area contributed by atoms with E-state index in [2.05, 4.69) is 153 Å². The first-order valence-electron chi connectivity index (χ1n) is 19.1. The highest BCUT2D eigenvalue weighted by atomic mass is 14.3. The maximum atomic E-state index is 10.5. The Morgan fingerprint density at radius 2 is 0.929 bits per heavy atom. The summed E-state index contributed by atoms with van der Waals surface area (Å²) in [4.78, 5) is 0. The smallest absolute Gasteiger partial charge is 0.0998 e. The quantitative estimate of drug-likeness (QED) is 0.168. The van der Waals surface area contributed by atoms with Crippen molar-refractivity contribution in [3.63, 3.8) is 0 Å². The van der Waals surface area contributed by atoms with Crippen LogP contribution in [0.15, 0.2) is 146 Å². The zero-order valence-corrected chi connectivity index (χ0v) is 30.8. The molecule has 0 N–H and O–H groups in total. The zero-order valence-electron chi connectivity index (χ0n) is 30.8. The maximum absolute atomic E-state index is 10.5. The lowest BCUT2D eigenvalue weighted by molar-refractivity contribution is 1.40. The highest BCUT2D eigenvalue weighted by molar-refractivity contribution is 6.30. The monoisotopic (exact) mass is 706 g/mol. The summed E-state index contributed by atoms with van der Waals surface area (Å²) in [5.41, 5.74) is 17.8. The van der Waals surface area contributed by atoms with Crippen molar-refractivity contribution in [2.45, 2.75) is 13.8 Å². The molecule has 0 amide bonds. The van der Waals surface area contributed by atoms with Crippen LogP contribution >= 0.6 is 0 Å². The number of benzene rings is 10. The number of aryl methyl sites for hydroxylation is 2. The van der Waals surface area contributed by atoms with E-state index in [0.29, 0.717) is 11.1 Å². The largest absolute Gasteiger partial charge is 0.192 e. The van der Waals surface area contributed by atoms with E-state index >= 15 is 0 Å². The Morgan fingerprint density at radius 3 is 1.62 bits per heavy atom. The molecule has 12 rings (SSSR count). The van der Waals surface area contributed by atoms with Gasteiger partial charge in [-0.1, -0.05) is 115 Å². The van der Waals surface area contributed by atoms with Gasteiger partial charge in [-0.2, -0.15) is 10.5 Å². The molecule has 2 heteroatoms. The molecule has 10 aromatic carbocycles. The van der Waals surface area contributed by atoms with Gasteiger partial charge in [0.15, 0.2) is 0 Å². The molecule has 0 bridgehead atoms. The lowest BCUT2D eigenvalue weighted by Crippen LogP contribution is -1.94. The highest BCUT2D eigenvalue weighted by Crippen LogP contribution is 2.56. The van der Waals surface area contributed by atoms with Gasteiger partial charge < -0.3 is 0 Å². The van der Waals surface area contributed by atoms with E-state index in [9.17, 15) is 10.5 Å². The lowest BCUT2D eigenvalue weighted by Gasteiger charge is -2.20. The van der Waals surface area contributed by atoms with Gasteiger partial charge in [-0.3, -0.25) is 0 Å². The fraction of sp³-hybridized carbons (Fsp3) is 0.0370. The van der Waals surface area contributed by atoms with Crippen LogP contribution in [0.3, 0.4) is 0 Å². The number of hydrogen-bond donors (Lipinski definition) is 0. The van der Waals surface area contributed by atoms with Crippen LogP contribution in [0, 0.1) is 36.5 Å². The van der Waals surface area contributed by atoms with Crippen molar-refractivity contribution in [1.29, 1.82) is 10.5 Å². The van der Waals surface area contributed by atoms with Crippen LogP contribution in [-0.4, -0.2) is 0 Å². The number of fused-ring (bicyclic) bond motifs is 11. The van der Waals surface area contributed by atoms with Gasteiger partial charge >= 0.3 is 0 Å². The van der Waals surface area contributed by atoms with Gasteiger partial charge in [-0.05, 0) is 171 Å². The van der Waals surface area contributed by atoms with E-state index in [1.54, 1.807) is 6.07 Å². The van der Waals surface area contributed by atoms with E-state index in [4.69, 9.17) is 0 Å². The van der Waals surface area contributed by atoms with Gasteiger partial charge in [-0.15, -0.1) is 0 Å². The molecule has 0 atom stereocenters. The Balaban J connectivity index is 1.28. The lowest BCUT2D eigenvalue weighted by atomic mass is 9.82. The van der Waals surface area contributed by atoms with E-state index < -0.39 is 0 Å². The minimum atomic E-state index is 0.478. The molecule has 2 aliphatic rings. The molecule has 0 saturated heterocycles. The maximum Gasteiger partial charge on any atom is 0.0998 e. The molecule has 2 aliphatic carbocycles. The molecular formula is C54H30N2. The van der Waals surface area contributed by atoms with Crippen LogP contribution in [-0.2, 0) is 0 Å². The SMILES string of the molecule is Cc1ccc(C)c(-c2c3c(cc4c2ccc2c5cc6c(cc5c(-c5ccc(C#N)cc5C#N)cc42)-c2cccc4cccc-6c24)-c2cccc4cccc-3c24)c1. The normalized spacial score (nSPS) is 12.1. The Bertz CT molecular complexity index is 3560. The third-order valence-corrected chi connectivity index (χ3v) is 12.6. The summed E-state index contributed by atoms with van der Waals surface area (Å²) in [6, 6.07) is 57.7. The Kier molecular flexibility index (Phi) is 6.08. The van der Waals surface area contributed by atoms with E-state index in [1.807, 2.05) is 12.1 Å². The molecule has 0 fully saturated rings. The third kappa shape index (κ3) is 3.98. The van der Waals surface area contributed by atoms with Crippen molar-refractivity contribution < 1.29 is 0 Å². The first kappa shape index (κ1) is 30.9. The van der Waals surface area contributed by atoms with Crippen LogP contribution < -0.4 is 0 Å². The van der Waals surface area contributed by atoms with Gasteiger partial charge in [0.25, 0.3) is 0 Å². The van der Waals surface area contributed by atoms with Gasteiger partial charge in [0.05, 0.1) is 23.3 Å². The summed E-state index contributed by atoms with van der Waals surface area (Å²) in [6.07, 6.45) is 0. The van der Waals surface area contributed by atoms with Gasteiger partial charge in [0.1, 0.15) is 0 Å². The minimum Gasteiger partial charge on any atom is -0.192 e. The summed E-state index contributed by atoms with van der Waals surface area (Å²) in [7, 11) is 0. The number of nitriles is 2. The van der Waals surface area contributed by atoms with E-state index in [0.717, 1.165) is 27.3 Å². The second-order valence-electron chi connectivity index (χ2n) is 15.5. The molecule has 10 aromatic rings. The molecule has 0 saturated carbocycles. The highest BCUT2D eigenvalue weighted by Gasteiger charge is 2.29. The van der Waals surface area contributed by atoms with Gasteiger partial charge in [0.2, 0.25) is 0 Å². The summed E-state index contributed by atoms with van der Waals surface area (Å²) in [5.74, 6) is 0. The second-order valence-corrected chi connectivity index (χ2v) is 15.5. The van der Waals surface area contributed by atoms with Crippen LogP contribution in [0.1, 0.15) is 22.3 Å². The number of rotatable bonds is 2.